The molecule has 1 aliphatic heterocycles. The summed E-state index contributed by atoms with van der Waals surface area (Å²) in [6, 6.07) is 4.40. The Bertz CT molecular complexity index is 525. The molecule has 0 amide bonds. The van der Waals surface area contributed by atoms with Gasteiger partial charge in [0.1, 0.15) is 5.82 Å². The molecule has 2 rings (SSSR count). The van der Waals surface area contributed by atoms with E-state index in [1.165, 1.54) is 12.1 Å². The molecule has 0 bridgehead atoms. The first kappa shape index (κ1) is 13.3. The van der Waals surface area contributed by atoms with Gasteiger partial charge in [0.15, 0.2) is 0 Å². The molecule has 1 atom stereocenters. The first-order valence-corrected chi connectivity index (χ1v) is 7.61. The molecule has 1 fully saturated rings. The van der Waals surface area contributed by atoms with E-state index in [4.69, 9.17) is 0 Å². The number of rotatable bonds is 4. The summed E-state index contributed by atoms with van der Waals surface area (Å²) in [7, 11) is -3.51. The first-order valence-electron chi connectivity index (χ1n) is 5.96. The van der Waals surface area contributed by atoms with Crippen LogP contribution in [0.4, 0.5) is 10.1 Å². The van der Waals surface area contributed by atoms with Crippen molar-refractivity contribution in [3.05, 3.63) is 29.6 Å². The fourth-order valence-electron chi connectivity index (χ4n) is 2.08. The molecule has 1 unspecified atom stereocenters. The Morgan fingerprint density at radius 1 is 1.50 bits per heavy atom. The average molecular weight is 272 g/mol. The van der Waals surface area contributed by atoms with E-state index in [2.05, 4.69) is 10.0 Å². The van der Waals surface area contributed by atoms with Gasteiger partial charge in [-0.1, -0.05) is 6.07 Å². The lowest BCUT2D eigenvalue weighted by atomic mass is 10.2. The molecule has 2 N–H and O–H groups in total. The maximum Gasteiger partial charge on any atom is 0.234 e. The quantitative estimate of drug-likeness (QED) is 0.876. The van der Waals surface area contributed by atoms with Crippen molar-refractivity contribution in [3.63, 3.8) is 0 Å². The van der Waals surface area contributed by atoms with Gasteiger partial charge in [-0.3, -0.25) is 4.72 Å². The van der Waals surface area contributed by atoms with E-state index in [9.17, 15) is 12.8 Å². The van der Waals surface area contributed by atoms with Gasteiger partial charge >= 0.3 is 0 Å². The van der Waals surface area contributed by atoms with Crippen LogP contribution >= 0.6 is 0 Å². The van der Waals surface area contributed by atoms with Crippen LogP contribution < -0.4 is 10.0 Å². The Labute approximate surface area is 107 Å². The summed E-state index contributed by atoms with van der Waals surface area (Å²) in [5.74, 6) is -0.557. The lowest BCUT2D eigenvalue weighted by Crippen LogP contribution is -2.33. The highest BCUT2D eigenvalue weighted by Gasteiger charge is 2.22. The van der Waals surface area contributed by atoms with E-state index in [0.717, 1.165) is 24.9 Å². The van der Waals surface area contributed by atoms with E-state index < -0.39 is 15.8 Å². The van der Waals surface area contributed by atoms with E-state index in [-0.39, 0.29) is 17.5 Å². The predicted molar refractivity (Wildman–Crippen MR) is 69.6 cm³/mol. The maximum absolute atomic E-state index is 13.6. The minimum absolute atomic E-state index is 0.0126. The zero-order valence-corrected chi connectivity index (χ0v) is 11.1. The zero-order chi connectivity index (χ0) is 13.2. The van der Waals surface area contributed by atoms with Crippen molar-refractivity contribution in [2.75, 3.05) is 17.0 Å². The first-order chi connectivity index (χ1) is 8.46. The Balaban J connectivity index is 2.07. The van der Waals surface area contributed by atoms with E-state index >= 15 is 0 Å². The van der Waals surface area contributed by atoms with Gasteiger partial charge in [-0.2, -0.15) is 0 Å². The van der Waals surface area contributed by atoms with Crippen LogP contribution in [0.15, 0.2) is 18.2 Å². The van der Waals surface area contributed by atoms with Crippen LogP contribution in [0.2, 0.25) is 0 Å². The highest BCUT2D eigenvalue weighted by Crippen LogP contribution is 2.17. The van der Waals surface area contributed by atoms with E-state index in [0.29, 0.717) is 0 Å². The summed E-state index contributed by atoms with van der Waals surface area (Å²) in [6.07, 6.45) is 1.83. The molecule has 1 heterocycles. The molecule has 1 saturated heterocycles. The predicted octanol–water partition coefficient (Wildman–Crippen LogP) is 1.63. The van der Waals surface area contributed by atoms with Crippen LogP contribution in [-0.2, 0) is 10.0 Å². The third kappa shape index (κ3) is 3.43. The minimum atomic E-state index is -3.51. The van der Waals surface area contributed by atoms with Crippen LogP contribution in [0.1, 0.15) is 18.4 Å². The van der Waals surface area contributed by atoms with Crippen molar-refractivity contribution in [1.82, 2.24) is 5.32 Å². The highest BCUT2D eigenvalue weighted by atomic mass is 32.2. The molecule has 0 spiro atoms. The number of hydrogen-bond donors (Lipinski definition) is 2. The van der Waals surface area contributed by atoms with Crippen molar-refractivity contribution in [1.29, 1.82) is 0 Å². The second kappa shape index (κ2) is 5.24. The van der Waals surface area contributed by atoms with Crippen molar-refractivity contribution in [2.45, 2.75) is 25.8 Å². The topological polar surface area (TPSA) is 58.2 Å². The molecule has 1 aromatic rings. The summed E-state index contributed by atoms with van der Waals surface area (Å²) >= 11 is 0. The van der Waals surface area contributed by atoms with Crippen LogP contribution in [-0.4, -0.2) is 26.8 Å². The number of hydrogen-bond acceptors (Lipinski definition) is 3. The summed E-state index contributed by atoms with van der Waals surface area (Å²) in [4.78, 5) is 0. The number of halogens is 1. The Morgan fingerprint density at radius 2 is 2.28 bits per heavy atom. The lowest BCUT2D eigenvalue weighted by molar-refractivity contribution is 0.580. The smallest absolute Gasteiger partial charge is 0.234 e. The van der Waals surface area contributed by atoms with Crippen molar-refractivity contribution in [2.24, 2.45) is 0 Å². The van der Waals surface area contributed by atoms with Gasteiger partial charge in [0.05, 0.1) is 11.4 Å². The fraction of sp³-hybridized carbons (Fsp3) is 0.500. The van der Waals surface area contributed by atoms with Gasteiger partial charge < -0.3 is 5.32 Å². The molecular weight excluding hydrogens is 255 g/mol. The van der Waals surface area contributed by atoms with Gasteiger partial charge in [0.25, 0.3) is 0 Å². The van der Waals surface area contributed by atoms with E-state index in [1.54, 1.807) is 13.0 Å². The number of sulfonamides is 1. The summed E-state index contributed by atoms with van der Waals surface area (Å²) in [5, 5.41) is 3.11. The molecule has 1 aromatic carbocycles. The van der Waals surface area contributed by atoms with Crippen molar-refractivity contribution in [3.8, 4) is 0 Å². The molecule has 0 aliphatic carbocycles. The summed E-state index contributed by atoms with van der Waals surface area (Å²) in [6.45, 7) is 2.60. The molecule has 0 aromatic heterocycles. The summed E-state index contributed by atoms with van der Waals surface area (Å²) < 4.78 is 39.6. The van der Waals surface area contributed by atoms with Crippen LogP contribution in [0, 0.1) is 12.7 Å². The second-order valence-corrected chi connectivity index (χ2v) is 6.43. The van der Waals surface area contributed by atoms with Crippen LogP contribution in [0.3, 0.4) is 0 Å². The van der Waals surface area contributed by atoms with Gasteiger partial charge in [-0.25, -0.2) is 12.8 Å². The normalized spacial score (nSPS) is 20.0. The molecule has 6 heteroatoms. The fourth-order valence-corrected chi connectivity index (χ4v) is 3.47. The highest BCUT2D eigenvalue weighted by molar-refractivity contribution is 7.92. The van der Waals surface area contributed by atoms with Gasteiger partial charge in [-0.15, -0.1) is 0 Å². The lowest BCUT2D eigenvalue weighted by Gasteiger charge is -2.13. The molecule has 18 heavy (non-hydrogen) atoms. The molecule has 1 aliphatic rings. The summed E-state index contributed by atoms with van der Waals surface area (Å²) in [5.41, 5.74) is 0.770. The maximum atomic E-state index is 13.6. The SMILES string of the molecule is Cc1ccc(NS(=O)(=O)CC2CCCN2)c(F)c1. The Kier molecular flexibility index (Phi) is 3.87. The molecule has 0 saturated carbocycles. The number of nitrogens with one attached hydrogen (secondary N) is 2. The number of anilines is 1. The minimum Gasteiger partial charge on any atom is -0.313 e. The molecule has 0 radical (unpaired) electrons. The van der Waals surface area contributed by atoms with Gasteiger partial charge in [-0.05, 0) is 44.0 Å². The largest absolute Gasteiger partial charge is 0.313 e. The zero-order valence-electron chi connectivity index (χ0n) is 10.2. The number of benzene rings is 1. The van der Waals surface area contributed by atoms with Gasteiger partial charge in [0.2, 0.25) is 10.0 Å². The molecule has 4 nitrogen and oxygen atoms in total. The Morgan fingerprint density at radius 3 is 2.89 bits per heavy atom. The molecule has 100 valence electrons. The molecular formula is C12H17FN2O2S. The standard InChI is InChI=1S/C12H17FN2O2S/c1-9-4-5-12(11(13)7-9)15-18(16,17)8-10-3-2-6-14-10/h4-5,7,10,14-15H,2-3,6,8H2,1H3. The van der Waals surface area contributed by atoms with E-state index in [1.807, 2.05) is 0 Å². The average Bonchev–Trinajstić information content (AvgIpc) is 2.74. The number of aryl methyl sites for hydroxylation is 1. The van der Waals surface area contributed by atoms with Gasteiger partial charge in [0, 0.05) is 6.04 Å². The second-order valence-electron chi connectivity index (χ2n) is 4.66. The Hall–Kier alpha value is -1.14. The third-order valence-corrected chi connectivity index (χ3v) is 4.35. The van der Waals surface area contributed by atoms with Crippen LogP contribution in [0.25, 0.3) is 0 Å². The van der Waals surface area contributed by atoms with Crippen molar-refractivity contribution >= 4 is 15.7 Å². The third-order valence-electron chi connectivity index (χ3n) is 2.97. The monoisotopic (exact) mass is 272 g/mol. The van der Waals surface area contributed by atoms with Crippen LogP contribution in [0.5, 0.6) is 0 Å². The van der Waals surface area contributed by atoms with Crippen molar-refractivity contribution < 1.29 is 12.8 Å².